The molecule has 0 spiro atoms. The lowest BCUT2D eigenvalue weighted by atomic mass is 10.0. The summed E-state index contributed by atoms with van der Waals surface area (Å²) >= 11 is 7.80. The third-order valence-electron chi connectivity index (χ3n) is 6.06. The minimum Gasteiger partial charge on any atom is -0.493 e. The average molecular weight is 513 g/mol. The maximum Gasteiger partial charge on any atom is 0.254 e. The first-order valence-corrected chi connectivity index (χ1v) is 12.9. The van der Waals surface area contributed by atoms with E-state index in [1.807, 2.05) is 36.1 Å². The smallest absolute Gasteiger partial charge is 0.254 e. The zero-order chi connectivity index (χ0) is 24.8. The van der Waals surface area contributed by atoms with Crippen LogP contribution in [0.1, 0.15) is 40.2 Å². The Morgan fingerprint density at radius 3 is 2.69 bits per heavy atom. The molecule has 35 heavy (non-hydrogen) atoms. The summed E-state index contributed by atoms with van der Waals surface area (Å²) in [6.45, 7) is 3.36. The van der Waals surface area contributed by atoms with Crippen molar-refractivity contribution >= 4 is 34.8 Å². The second-order valence-electron chi connectivity index (χ2n) is 8.35. The maximum absolute atomic E-state index is 13.6. The molecule has 1 aromatic heterocycles. The molecule has 3 aromatic rings. The molecule has 2 aromatic carbocycles. The van der Waals surface area contributed by atoms with Crippen molar-refractivity contribution in [1.29, 1.82) is 0 Å². The molecule has 184 valence electrons. The fourth-order valence-corrected chi connectivity index (χ4v) is 5.48. The van der Waals surface area contributed by atoms with Crippen LogP contribution in [-0.4, -0.2) is 55.0 Å². The van der Waals surface area contributed by atoms with Gasteiger partial charge in [0, 0.05) is 28.6 Å². The molecule has 1 atom stereocenters. The third kappa shape index (κ3) is 5.80. The molecule has 0 N–H and O–H groups in total. The molecule has 0 saturated heterocycles. The fourth-order valence-electron chi connectivity index (χ4n) is 4.36. The van der Waals surface area contributed by atoms with E-state index in [0.29, 0.717) is 41.8 Å². The van der Waals surface area contributed by atoms with E-state index in [-0.39, 0.29) is 24.4 Å². The maximum atomic E-state index is 13.6. The van der Waals surface area contributed by atoms with Gasteiger partial charge < -0.3 is 19.3 Å². The number of hydrogen-bond donors (Lipinski definition) is 0. The highest BCUT2D eigenvalue weighted by molar-refractivity contribution is 7.10. The van der Waals surface area contributed by atoms with Crippen molar-refractivity contribution < 1.29 is 19.1 Å². The molecule has 0 saturated carbocycles. The second-order valence-corrected chi connectivity index (χ2v) is 9.79. The summed E-state index contributed by atoms with van der Waals surface area (Å²) in [5.41, 5.74) is 1.58. The van der Waals surface area contributed by atoms with E-state index in [2.05, 4.69) is 11.4 Å². The first kappa shape index (κ1) is 25.1. The molecule has 0 fully saturated rings. The van der Waals surface area contributed by atoms with Gasteiger partial charge in [-0.2, -0.15) is 0 Å². The van der Waals surface area contributed by atoms with Gasteiger partial charge in [0.15, 0.2) is 11.5 Å². The summed E-state index contributed by atoms with van der Waals surface area (Å²) in [4.78, 5) is 31.5. The van der Waals surface area contributed by atoms with Crippen molar-refractivity contribution in [1.82, 2.24) is 9.80 Å². The molecule has 1 aliphatic heterocycles. The van der Waals surface area contributed by atoms with Crippen LogP contribution in [0, 0.1) is 0 Å². The molecular weight excluding hydrogens is 484 g/mol. The van der Waals surface area contributed by atoms with Gasteiger partial charge in [0.1, 0.15) is 13.2 Å². The van der Waals surface area contributed by atoms with Gasteiger partial charge in [0.2, 0.25) is 5.91 Å². The lowest BCUT2D eigenvalue weighted by Crippen LogP contribution is -2.48. The summed E-state index contributed by atoms with van der Waals surface area (Å²) in [6, 6.07) is 16.1. The number of methoxy groups -OCH3 is 1. The lowest BCUT2D eigenvalue weighted by Gasteiger charge is -2.37. The zero-order valence-electron chi connectivity index (χ0n) is 19.9. The molecule has 1 unspecified atom stereocenters. The molecule has 1 aliphatic rings. The summed E-state index contributed by atoms with van der Waals surface area (Å²) in [5.74, 6) is 0.985. The Hall–Kier alpha value is -3.03. The van der Waals surface area contributed by atoms with E-state index in [4.69, 9.17) is 21.1 Å². The number of hydrogen-bond acceptors (Lipinski definition) is 5. The van der Waals surface area contributed by atoms with Gasteiger partial charge in [-0.25, -0.2) is 0 Å². The van der Waals surface area contributed by atoms with Gasteiger partial charge in [0.05, 0.1) is 13.2 Å². The van der Waals surface area contributed by atoms with Crippen molar-refractivity contribution in [3.8, 4) is 11.5 Å². The summed E-state index contributed by atoms with van der Waals surface area (Å²) < 4.78 is 11.6. The zero-order valence-corrected chi connectivity index (χ0v) is 21.5. The Morgan fingerprint density at radius 2 is 1.94 bits per heavy atom. The van der Waals surface area contributed by atoms with E-state index >= 15 is 0 Å². The fraction of sp³-hybridized carbons (Fsp3) is 0.333. The van der Waals surface area contributed by atoms with Gasteiger partial charge in [-0.15, -0.1) is 11.3 Å². The number of fused-ring (bicyclic) bond motifs is 1. The number of amides is 2. The van der Waals surface area contributed by atoms with E-state index in [0.717, 1.165) is 18.4 Å². The lowest BCUT2D eigenvalue weighted by molar-refractivity contribution is -0.135. The van der Waals surface area contributed by atoms with Gasteiger partial charge in [0.25, 0.3) is 5.91 Å². The van der Waals surface area contributed by atoms with Crippen LogP contribution in [0.3, 0.4) is 0 Å². The first-order valence-electron chi connectivity index (χ1n) is 11.7. The Balaban J connectivity index is 1.53. The topological polar surface area (TPSA) is 59.1 Å². The summed E-state index contributed by atoms with van der Waals surface area (Å²) in [5, 5.41) is 2.55. The molecule has 6 nitrogen and oxygen atoms in total. The van der Waals surface area contributed by atoms with Crippen molar-refractivity contribution in [3.63, 3.8) is 0 Å². The highest BCUT2D eigenvalue weighted by atomic mass is 35.5. The minimum atomic E-state index is -0.243. The molecule has 2 amide bonds. The average Bonchev–Trinajstić information content (AvgIpc) is 3.36. The number of ether oxygens (including phenoxy) is 2. The number of carbonyl (C=O) groups excluding carboxylic acids is 2. The molecule has 0 radical (unpaired) electrons. The Labute approximate surface area is 215 Å². The molecular formula is C27H29ClN2O4S. The van der Waals surface area contributed by atoms with E-state index in [9.17, 15) is 9.59 Å². The largest absolute Gasteiger partial charge is 0.493 e. The third-order valence-corrected chi connectivity index (χ3v) is 7.29. The van der Waals surface area contributed by atoms with Crippen molar-refractivity contribution in [2.24, 2.45) is 0 Å². The van der Waals surface area contributed by atoms with E-state index < -0.39 is 0 Å². The molecule has 4 rings (SSSR count). The van der Waals surface area contributed by atoms with Crippen LogP contribution in [-0.2, 0) is 11.2 Å². The molecule has 2 heterocycles. The van der Waals surface area contributed by atoms with Crippen LogP contribution in [0.2, 0.25) is 5.02 Å². The standard InChI is InChI=1S/C27H29ClN2O4S/c1-3-13-29(27(32)19-7-6-8-20(28)16-19)17-26(31)30-14-11-25-21(12-15-35-25)22(30)18-34-24-10-5-4-9-23(24)33-2/h4-10,12,15-16,22H,3,11,13-14,17-18H2,1-2H3. The first-order chi connectivity index (χ1) is 17.0. The van der Waals surface area contributed by atoms with E-state index in [1.165, 1.54) is 4.88 Å². The van der Waals surface area contributed by atoms with Crippen LogP contribution >= 0.6 is 22.9 Å². The highest BCUT2D eigenvalue weighted by Crippen LogP contribution is 2.35. The number of para-hydroxylation sites is 2. The quantitative estimate of drug-likeness (QED) is 0.381. The number of rotatable bonds is 9. The van der Waals surface area contributed by atoms with Crippen LogP contribution < -0.4 is 9.47 Å². The van der Waals surface area contributed by atoms with Crippen LogP contribution in [0.15, 0.2) is 60.0 Å². The summed E-state index contributed by atoms with van der Waals surface area (Å²) in [7, 11) is 1.61. The normalized spacial score (nSPS) is 14.8. The second kappa shape index (κ2) is 11.6. The highest BCUT2D eigenvalue weighted by Gasteiger charge is 2.33. The van der Waals surface area contributed by atoms with Crippen molar-refractivity contribution in [3.05, 3.63) is 81.0 Å². The minimum absolute atomic E-state index is 0.00378. The number of carbonyl (C=O) groups is 2. The van der Waals surface area contributed by atoms with Crippen LogP contribution in [0.25, 0.3) is 0 Å². The Kier molecular flexibility index (Phi) is 8.31. The van der Waals surface area contributed by atoms with Crippen molar-refractivity contribution in [2.75, 3.05) is 33.4 Å². The Morgan fingerprint density at radius 1 is 1.14 bits per heavy atom. The van der Waals surface area contributed by atoms with Crippen LogP contribution in [0.4, 0.5) is 0 Å². The van der Waals surface area contributed by atoms with Gasteiger partial charge >= 0.3 is 0 Å². The van der Waals surface area contributed by atoms with Gasteiger partial charge in [-0.05, 0) is 60.2 Å². The predicted molar refractivity (Wildman–Crippen MR) is 139 cm³/mol. The van der Waals surface area contributed by atoms with Crippen LogP contribution in [0.5, 0.6) is 11.5 Å². The number of benzene rings is 2. The number of thiophene rings is 1. The van der Waals surface area contributed by atoms with E-state index in [1.54, 1.807) is 47.6 Å². The summed E-state index contributed by atoms with van der Waals surface area (Å²) in [6.07, 6.45) is 1.54. The molecule has 0 bridgehead atoms. The number of halogens is 1. The SMILES string of the molecule is CCCN(CC(=O)N1CCc2sccc2C1COc1ccccc1OC)C(=O)c1cccc(Cl)c1. The predicted octanol–water partition coefficient (Wildman–Crippen LogP) is 5.47. The monoisotopic (exact) mass is 512 g/mol. The van der Waals surface area contributed by atoms with Gasteiger partial charge in [-0.3, -0.25) is 9.59 Å². The molecule has 8 heteroatoms. The Bertz CT molecular complexity index is 1180. The molecule has 0 aliphatic carbocycles. The number of nitrogens with zero attached hydrogens (tertiary/aromatic N) is 2. The van der Waals surface area contributed by atoms with Gasteiger partial charge in [-0.1, -0.05) is 36.7 Å². The van der Waals surface area contributed by atoms with Crippen molar-refractivity contribution in [2.45, 2.75) is 25.8 Å².